The zero-order chi connectivity index (χ0) is 36.5. The first kappa shape index (κ1) is 31.0. The van der Waals surface area contributed by atoms with Crippen LogP contribution in [0, 0.1) is 0 Å². The van der Waals surface area contributed by atoms with Crippen molar-refractivity contribution in [3.63, 3.8) is 0 Å². The molecule has 13 rings (SSSR count). The second kappa shape index (κ2) is 11.4. The molecule has 3 aromatic heterocycles. The van der Waals surface area contributed by atoms with Crippen molar-refractivity contribution >= 4 is 81.6 Å². The summed E-state index contributed by atoms with van der Waals surface area (Å²) >= 11 is 3.69. The molecule has 0 N–H and O–H groups in total. The molecule has 4 heterocycles. The Balaban J connectivity index is 1.19. The number of hydrogen-bond donors (Lipinski definition) is 0. The smallest absolute Gasteiger partial charge is 0.235 e. The predicted octanol–water partition coefficient (Wildman–Crippen LogP) is 13.7. The zero-order valence-corrected chi connectivity index (χ0v) is 31.8. The molecular weight excluding hydrogens is 719 g/mol. The molecule has 1 atom stereocenters. The summed E-state index contributed by atoms with van der Waals surface area (Å²) in [6.07, 6.45) is 6.94. The van der Waals surface area contributed by atoms with Gasteiger partial charge in [-0.15, -0.1) is 11.3 Å². The third-order valence-electron chi connectivity index (χ3n) is 12.4. The number of benzene rings is 7. The van der Waals surface area contributed by atoms with Crippen LogP contribution in [0.1, 0.15) is 35.1 Å². The van der Waals surface area contributed by atoms with E-state index in [0.717, 1.165) is 50.7 Å². The predicted molar refractivity (Wildman–Crippen MR) is 234 cm³/mol. The summed E-state index contributed by atoms with van der Waals surface area (Å²) in [7, 11) is 0. The van der Waals surface area contributed by atoms with E-state index >= 15 is 0 Å². The number of hydrogen-bond acceptors (Lipinski definition) is 4. The van der Waals surface area contributed by atoms with Crippen molar-refractivity contribution in [2.45, 2.75) is 28.0 Å². The molecule has 7 aromatic carbocycles. The van der Waals surface area contributed by atoms with Gasteiger partial charge in [0, 0.05) is 36.2 Å². The number of aromatic nitrogens is 3. The maximum Gasteiger partial charge on any atom is 0.235 e. The van der Waals surface area contributed by atoms with Crippen LogP contribution in [0.5, 0.6) is 0 Å². The number of allylic oxidation sites excluding steroid dienone is 4. The van der Waals surface area contributed by atoms with Crippen molar-refractivity contribution in [3.05, 3.63) is 192 Å². The number of rotatable bonds is 2. The van der Waals surface area contributed by atoms with Crippen LogP contribution in [0.25, 0.3) is 75.7 Å². The molecule has 1 spiro atoms. The Labute approximate surface area is 331 Å². The molecule has 2 aliphatic carbocycles. The van der Waals surface area contributed by atoms with E-state index in [1.807, 2.05) is 11.8 Å². The number of para-hydroxylation sites is 1. The summed E-state index contributed by atoms with van der Waals surface area (Å²) in [6.45, 7) is 0. The van der Waals surface area contributed by atoms with Crippen molar-refractivity contribution in [1.82, 2.24) is 14.5 Å². The van der Waals surface area contributed by atoms with E-state index in [4.69, 9.17) is 9.97 Å². The lowest BCUT2D eigenvalue weighted by atomic mass is 9.66. The van der Waals surface area contributed by atoms with Crippen molar-refractivity contribution in [2.24, 2.45) is 0 Å². The van der Waals surface area contributed by atoms with Crippen LogP contribution >= 0.6 is 23.1 Å². The molecule has 0 bridgehead atoms. The Kier molecular flexibility index (Phi) is 6.30. The molecule has 1 aliphatic heterocycles. The molecule has 10 aromatic rings. The Hall–Kier alpha value is -6.27. The first-order chi connectivity index (χ1) is 27.8. The van der Waals surface area contributed by atoms with E-state index in [1.165, 1.54) is 69.4 Å². The summed E-state index contributed by atoms with van der Waals surface area (Å²) in [4.78, 5) is 13.8. The SMILES string of the molecule is C1=CC2=C(CC1)c1ccccc1C21c2ccccc2Sc2c1ccc1c3ccccc3n(-c3nc(-c4cccc5ccccc45)c4sc5ccccc5c4n3)c21. The average Bonchev–Trinajstić information content (AvgIpc) is 3.90. The monoisotopic (exact) mass is 749 g/mol. The third-order valence-corrected chi connectivity index (χ3v) is 14.7. The number of nitrogens with zero attached hydrogens (tertiary/aromatic N) is 3. The van der Waals surface area contributed by atoms with E-state index in [1.54, 1.807) is 11.3 Å². The van der Waals surface area contributed by atoms with E-state index in [9.17, 15) is 0 Å². The van der Waals surface area contributed by atoms with Gasteiger partial charge in [0.1, 0.15) is 0 Å². The molecule has 0 saturated carbocycles. The van der Waals surface area contributed by atoms with Gasteiger partial charge in [0.25, 0.3) is 0 Å². The highest BCUT2D eigenvalue weighted by atomic mass is 32.2. The highest BCUT2D eigenvalue weighted by Crippen LogP contribution is 2.64. The molecule has 1 unspecified atom stereocenters. The van der Waals surface area contributed by atoms with Crippen molar-refractivity contribution in [1.29, 1.82) is 0 Å². The molecule has 3 nitrogen and oxygen atoms in total. The van der Waals surface area contributed by atoms with Crippen LogP contribution in [0.3, 0.4) is 0 Å². The van der Waals surface area contributed by atoms with Crippen LogP contribution in [-0.2, 0) is 5.41 Å². The van der Waals surface area contributed by atoms with Crippen LogP contribution in [0.2, 0.25) is 0 Å². The van der Waals surface area contributed by atoms with Crippen LogP contribution in [-0.4, -0.2) is 14.5 Å². The van der Waals surface area contributed by atoms with Gasteiger partial charge in [-0.05, 0) is 75.2 Å². The minimum Gasteiger partial charge on any atom is -0.277 e. The van der Waals surface area contributed by atoms with Crippen LogP contribution in [0.4, 0.5) is 0 Å². The van der Waals surface area contributed by atoms with Crippen LogP contribution in [0.15, 0.2) is 179 Å². The summed E-state index contributed by atoms with van der Waals surface area (Å²) in [6, 6.07) is 55.8. The van der Waals surface area contributed by atoms with Gasteiger partial charge in [0.05, 0.1) is 32.4 Å². The normalized spacial score (nSPS) is 17.0. The summed E-state index contributed by atoms with van der Waals surface area (Å²) in [5.74, 6) is 0.696. The third kappa shape index (κ3) is 3.94. The molecule has 0 fully saturated rings. The largest absolute Gasteiger partial charge is 0.277 e. The molecule has 56 heavy (non-hydrogen) atoms. The molecule has 5 heteroatoms. The molecule has 262 valence electrons. The summed E-state index contributed by atoms with van der Waals surface area (Å²) < 4.78 is 4.71. The van der Waals surface area contributed by atoms with E-state index < -0.39 is 5.41 Å². The van der Waals surface area contributed by atoms with Gasteiger partial charge in [-0.25, -0.2) is 9.97 Å². The summed E-state index contributed by atoms with van der Waals surface area (Å²) in [5, 5.41) is 5.97. The quantitative estimate of drug-likeness (QED) is 0.176. The van der Waals surface area contributed by atoms with Crippen LogP contribution < -0.4 is 0 Å². The van der Waals surface area contributed by atoms with Gasteiger partial charge in [0.2, 0.25) is 5.95 Å². The molecule has 0 amide bonds. The van der Waals surface area contributed by atoms with E-state index in [0.29, 0.717) is 5.95 Å². The zero-order valence-electron chi connectivity index (χ0n) is 30.2. The fraction of sp³-hybridized carbons (Fsp3) is 0.0588. The highest BCUT2D eigenvalue weighted by Gasteiger charge is 2.51. The second-order valence-electron chi connectivity index (χ2n) is 15.1. The van der Waals surface area contributed by atoms with Gasteiger partial charge < -0.3 is 0 Å². The van der Waals surface area contributed by atoms with Gasteiger partial charge in [-0.1, -0.05) is 157 Å². The number of thiophene rings is 1. The van der Waals surface area contributed by atoms with E-state index in [-0.39, 0.29) is 0 Å². The van der Waals surface area contributed by atoms with Crippen molar-refractivity contribution in [2.75, 3.05) is 0 Å². The topological polar surface area (TPSA) is 30.7 Å². The summed E-state index contributed by atoms with van der Waals surface area (Å²) in [5.41, 5.74) is 13.3. The minimum absolute atomic E-state index is 0.433. The maximum atomic E-state index is 5.68. The minimum atomic E-state index is -0.433. The molecule has 3 aliphatic rings. The molecule has 0 radical (unpaired) electrons. The second-order valence-corrected chi connectivity index (χ2v) is 17.2. The van der Waals surface area contributed by atoms with Crippen molar-refractivity contribution < 1.29 is 0 Å². The molecular formula is C51H31N3S2. The van der Waals surface area contributed by atoms with Gasteiger partial charge in [-0.2, -0.15) is 0 Å². The maximum absolute atomic E-state index is 5.68. The standard InChI is InChI=1S/C51H31N3S2/c1-2-16-31-30(14-1)15-13-21-35(31)45-49-46(37-20-6-11-26-43(37)55-49)53-50(52-45)54-42-25-10-5-19-34(42)36-28-29-41-48(47(36)54)56-44-27-12-9-24-40(44)51(41)38-22-7-3-17-32(38)33-18-4-8-23-39(33)51/h1-3,5-17,19-29H,4,18H2. The van der Waals surface area contributed by atoms with Crippen molar-refractivity contribution in [3.8, 4) is 17.2 Å². The lowest BCUT2D eigenvalue weighted by Crippen LogP contribution is -2.33. The lowest BCUT2D eigenvalue weighted by molar-refractivity contribution is 0.714. The Bertz CT molecular complexity index is 3410. The Morgan fingerprint density at radius 2 is 1.34 bits per heavy atom. The lowest BCUT2D eigenvalue weighted by Gasteiger charge is -2.41. The first-order valence-electron chi connectivity index (χ1n) is 19.3. The highest BCUT2D eigenvalue weighted by molar-refractivity contribution is 7.99. The van der Waals surface area contributed by atoms with Gasteiger partial charge in [-0.3, -0.25) is 4.57 Å². The fourth-order valence-electron chi connectivity index (χ4n) is 10.1. The van der Waals surface area contributed by atoms with Gasteiger partial charge in [0.15, 0.2) is 0 Å². The Morgan fingerprint density at radius 1 is 0.589 bits per heavy atom. The first-order valence-corrected chi connectivity index (χ1v) is 20.9. The average molecular weight is 750 g/mol. The molecule has 0 saturated heterocycles. The van der Waals surface area contributed by atoms with Gasteiger partial charge >= 0.3 is 0 Å². The fourth-order valence-corrected chi connectivity index (χ4v) is 12.6. The Morgan fingerprint density at radius 3 is 2.29 bits per heavy atom. The van der Waals surface area contributed by atoms with E-state index in [2.05, 4.69) is 168 Å². The number of fused-ring (bicyclic) bond motifs is 16.